The van der Waals surface area contributed by atoms with E-state index in [4.69, 9.17) is 5.73 Å². The summed E-state index contributed by atoms with van der Waals surface area (Å²) in [5, 5.41) is 10.8. The predicted molar refractivity (Wildman–Crippen MR) is 79.3 cm³/mol. The standard InChI is InChI=1S/C13H19N3O4S/c1-13(2)6-5-9(8-13)15-21(19,20)10-3-4-11(14)12(7-10)16(17)18/h3-4,7,9,15H,5-6,8,14H2,1-2H3. The normalized spacial score (nSPS) is 21.3. The third kappa shape index (κ3) is 3.51. The Hall–Kier alpha value is -1.67. The first kappa shape index (κ1) is 15.7. The highest BCUT2D eigenvalue weighted by atomic mass is 32.2. The number of hydrogen-bond acceptors (Lipinski definition) is 5. The molecule has 21 heavy (non-hydrogen) atoms. The highest BCUT2D eigenvalue weighted by Crippen LogP contribution is 2.37. The molecule has 1 saturated carbocycles. The molecule has 1 unspecified atom stereocenters. The van der Waals surface area contributed by atoms with Gasteiger partial charge in [-0.1, -0.05) is 13.8 Å². The van der Waals surface area contributed by atoms with Crippen LogP contribution < -0.4 is 10.5 Å². The molecule has 1 atom stereocenters. The van der Waals surface area contributed by atoms with E-state index < -0.39 is 20.6 Å². The highest BCUT2D eigenvalue weighted by molar-refractivity contribution is 7.89. The Kier molecular flexibility index (Phi) is 3.94. The van der Waals surface area contributed by atoms with Crippen LogP contribution in [0.25, 0.3) is 0 Å². The number of nitrogens with one attached hydrogen (secondary N) is 1. The average Bonchev–Trinajstić information content (AvgIpc) is 2.67. The molecule has 3 N–H and O–H groups in total. The summed E-state index contributed by atoms with van der Waals surface area (Å²) in [6, 6.07) is 3.38. The molecule has 0 spiro atoms. The van der Waals surface area contributed by atoms with Crippen LogP contribution in [0.15, 0.2) is 23.1 Å². The molecule has 8 heteroatoms. The van der Waals surface area contributed by atoms with Gasteiger partial charge in [0.1, 0.15) is 5.69 Å². The second-order valence-electron chi connectivity index (χ2n) is 6.20. The summed E-state index contributed by atoms with van der Waals surface area (Å²) < 4.78 is 27.2. The summed E-state index contributed by atoms with van der Waals surface area (Å²) in [5.74, 6) is 0. The third-order valence-electron chi connectivity index (χ3n) is 3.80. The molecule has 0 radical (unpaired) electrons. The van der Waals surface area contributed by atoms with Crippen LogP contribution >= 0.6 is 0 Å². The molecule has 1 aromatic carbocycles. The second-order valence-corrected chi connectivity index (χ2v) is 7.92. The molecule has 1 fully saturated rings. The Morgan fingerprint density at radius 3 is 2.62 bits per heavy atom. The SMILES string of the molecule is CC1(C)CCC(NS(=O)(=O)c2ccc(N)c([N+](=O)[O-])c2)C1. The summed E-state index contributed by atoms with van der Waals surface area (Å²) in [6.45, 7) is 4.19. The number of rotatable bonds is 4. The van der Waals surface area contributed by atoms with Gasteiger partial charge in [-0.3, -0.25) is 10.1 Å². The zero-order valence-electron chi connectivity index (χ0n) is 12.0. The smallest absolute Gasteiger partial charge is 0.293 e. The maximum absolute atomic E-state index is 12.3. The van der Waals surface area contributed by atoms with Gasteiger partial charge < -0.3 is 5.73 Å². The van der Waals surface area contributed by atoms with E-state index in [0.29, 0.717) is 0 Å². The van der Waals surface area contributed by atoms with E-state index in [2.05, 4.69) is 18.6 Å². The van der Waals surface area contributed by atoms with Crippen molar-refractivity contribution in [2.24, 2.45) is 5.41 Å². The fourth-order valence-corrected chi connectivity index (χ4v) is 3.96. The van der Waals surface area contributed by atoms with E-state index >= 15 is 0 Å². The number of benzene rings is 1. The topological polar surface area (TPSA) is 115 Å². The van der Waals surface area contributed by atoms with Crippen molar-refractivity contribution >= 4 is 21.4 Å². The highest BCUT2D eigenvalue weighted by Gasteiger charge is 2.33. The molecule has 1 aliphatic carbocycles. The third-order valence-corrected chi connectivity index (χ3v) is 5.32. The van der Waals surface area contributed by atoms with E-state index in [0.717, 1.165) is 25.3 Å². The van der Waals surface area contributed by atoms with Crippen molar-refractivity contribution < 1.29 is 13.3 Å². The molecule has 0 bridgehead atoms. The maximum atomic E-state index is 12.3. The quantitative estimate of drug-likeness (QED) is 0.501. The lowest BCUT2D eigenvalue weighted by atomic mass is 9.92. The maximum Gasteiger partial charge on any atom is 0.293 e. The van der Waals surface area contributed by atoms with Gasteiger partial charge in [-0.05, 0) is 36.8 Å². The van der Waals surface area contributed by atoms with Gasteiger partial charge in [0.25, 0.3) is 5.69 Å². The summed E-state index contributed by atoms with van der Waals surface area (Å²) >= 11 is 0. The fraction of sp³-hybridized carbons (Fsp3) is 0.538. The van der Waals surface area contributed by atoms with Gasteiger partial charge >= 0.3 is 0 Å². The number of nitrogens with two attached hydrogens (primary N) is 1. The van der Waals surface area contributed by atoms with Crippen molar-refractivity contribution in [2.45, 2.75) is 44.0 Å². The molecule has 0 amide bonds. The summed E-state index contributed by atoms with van der Waals surface area (Å²) in [4.78, 5) is 10.0. The van der Waals surface area contributed by atoms with Crippen LogP contribution in [0.2, 0.25) is 0 Å². The Morgan fingerprint density at radius 1 is 1.43 bits per heavy atom. The van der Waals surface area contributed by atoms with Crippen molar-refractivity contribution in [3.8, 4) is 0 Å². The van der Waals surface area contributed by atoms with Crippen LogP contribution in [0.3, 0.4) is 0 Å². The van der Waals surface area contributed by atoms with E-state index in [1.165, 1.54) is 12.1 Å². The van der Waals surface area contributed by atoms with Gasteiger partial charge in [-0.25, -0.2) is 13.1 Å². The monoisotopic (exact) mass is 313 g/mol. The van der Waals surface area contributed by atoms with Gasteiger partial charge in [-0.15, -0.1) is 0 Å². The van der Waals surface area contributed by atoms with E-state index in [9.17, 15) is 18.5 Å². The van der Waals surface area contributed by atoms with Crippen molar-refractivity contribution in [1.29, 1.82) is 0 Å². The van der Waals surface area contributed by atoms with Gasteiger partial charge in [0, 0.05) is 12.1 Å². The van der Waals surface area contributed by atoms with Gasteiger partial charge in [-0.2, -0.15) is 0 Å². The number of sulfonamides is 1. The number of nitrogen functional groups attached to an aromatic ring is 1. The molecule has 1 aromatic rings. The number of nitro benzene ring substituents is 1. The van der Waals surface area contributed by atoms with Crippen LogP contribution in [-0.2, 0) is 10.0 Å². The lowest BCUT2D eigenvalue weighted by molar-refractivity contribution is -0.384. The van der Waals surface area contributed by atoms with Crippen molar-refractivity contribution in [2.75, 3.05) is 5.73 Å². The lowest BCUT2D eigenvalue weighted by Gasteiger charge is -2.18. The molecule has 2 rings (SSSR count). The molecule has 0 saturated heterocycles. The van der Waals surface area contributed by atoms with Crippen LogP contribution in [0.5, 0.6) is 0 Å². The number of nitro groups is 1. The zero-order chi connectivity index (χ0) is 15.8. The van der Waals surface area contributed by atoms with E-state index in [1.54, 1.807) is 0 Å². The second kappa shape index (κ2) is 5.27. The minimum atomic E-state index is -3.78. The Bertz CT molecular complexity index is 670. The van der Waals surface area contributed by atoms with Crippen molar-refractivity contribution in [3.63, 3.8) is 0 Å². The van der Waals surface area contributed by atoms with Gasteiger partial charge in [0.05, 0.1) is 9.82 Å². The Labute approximate surface area is 123 Å². The van der Waals surface area contributed by atoms with Crippen molar-refractivity contribution in [3.05, 3.63) is 28.3 Å². The molecule has 0 aliphatic heterocycles. The molecule has 0 aromatic heterocycles. The van der Waals surface area contributed by atoms with E-state index in [-0.39, 0.29) is 22.0 Å². The van der Waals surface area contributed by atoms with Crippen LogP contribution in [0.1, 0.15) is 33.1 Å². The molecular formula is C13H19N3O4S. The average molecular weight is 313 g/mol. The minimum absolute atomic E-state index is 0.0547. The zero-order valence-corrected chi connectivity index (χ0v) is 12.8. The molecule has 1 aliphatic rings. The summed E-state index contributed by atoms with van der Waals surface area (Å²) in [5.41, 5.74) is 5.13. The first-order valence-electron chi connectivity index (χ1n) is 6.67. The van der Waals surface area contributed by atoms with Gasteiger partial charge in [0.2, 0.25) is 10.0 Å². The molecule has 7 nitrogen and oxygen atoms in total. The minimum Gasteiger partial charge on any atom is -0.393 e. The van der Waals surface area contributed by atoms with Crippen molar-refractivity contribution in [1.82, 2.24) is 4.72 Å². The van der Waals surface area contributed by atoms with E-state index in [1.807, 2.05) is 0 Å². The summed E-state index contributed by atoms with van der Waals surface area (Å²) in [6.07, 6.45) is 2.47. The van der Waals surface area contributed by atoms with Crippen LogP contribution in [0, 0.1) is 15.5 Å². The van der Waals surface area contributed by atoms with Crippen LogP contribution in [-0.4, -0.2) is 19.4 Å². The fourth-order valence-electron chi connectivity index (χ4n) is 2.67. The van der Waals surface area contributed by atoms with Crippen LogP contribution in [0.4, 0.5) is 11.4 Å². The molecule has 0 heterocycles. The number of hydrogen-bond donors (Lipinski definition) is 2. The number of nitrogens with zero attached hydrogens (tertiary/aromatic N) is 1. The molecule has 116 valence electrons. The Morgan fingerprint density at radius 2 is 2.10 bits per heavy atom. The molecular weight excluding hydrogens is 294 g/mol. The first-order chi connectivity index (χ1) is 9.61. The van der Waals surface area contributed by atoms with Gasteiger partial charge in [0.15, 0.2) is 0 Å². The Balaban J connectivity index is 2.24. The summed E-state index contributed by atoms with van der Waals surface area (Å²) in [7, 11) is -3.78. The first-order valence-corrected chi connectivity index (χ1v) is 8.15. The predicted octanol–water partition coefficient (Wildman–Crippen LogP) is 2.03. The lowest BCUT2D eigenvalue weighted by Crippen LogP contribution is -2.33. The number of anilines is 1. The largest absolute Gasteiger partial charge is 0.393 e.